The summed E-state index contributed by atoms with van der Waals surface area (Å²) in [5.74, 6) is -0.446. The van der Waals surface area contributed by atoms with Crippen molar-refractivity contribution in [3.63, 3.8) is 0 Å². The number of aldehydes is 1. The molecule has 0 spiro atoms. The predicted molar refractivity (Wildman–Crippen MR) is 165 cm³/mol. The van der Waals surface area contributed by atoms with E-state index in [9.17, 15) is 14.4 Å². The summed E-state index contributed by atoms with van der Waals surface area (Å²) in [6.45, 7) is 6.78. The van der Waals surface area contributed by atoms with Gasteiger partial charge in [-0.2, -0.15) is 5.10 Å². The van der Waals surface area contributed by atoms with Crippen LogP contribution in [0.3, 0.4) is 0 Å². The van der Waals surface area contributed by atoms with Crippen LogP contribution in [0.25, 0.3) is 21.6 Å². The van der Waals surface area contributed by atoms with Crippen molar-refractivity contribution in [2.75, 3.05) is 18.9 Å². The largest absolute Gasteiger partial charge is 0.388 e. The molecule has 2 atom stereocenters. The Morgan fingerprint density at radius 1 is 1.12 bits per heavy atom. The Morgan fingerprint density at radius 3 is 2.55 bits per heavy atom. The lowest BCUT2D eigenvalue weighted by Gasteiger charge is -2.30. The van der Waals surface area contributed by atoms with Crippen LogP contribution < -0.4 is 10.6 Å². The highest BCUT2D eigenvalue weighted by Gasteiger charge is 2.39. The Balaban J connectivity index is 1.31. The molecule has 9 nitrogen and oxygen atoms in total. The molecule has 2 N–H and O–H groups in total. The van der Waals surface area contributed by atoms with Crippen molar-refractivity contribution in [2.45, 2.75) is 52.2 Å². The number of thiazole rings is 1. The molecule has 1 saturated heterocycles. The molecule has 2 aromatic carbocycles. The molecule has 5 rings (SSSR count). The molecule has 10 heteroatoms. The second-order valence-electron chi connectivity index (χ2n) is 10.9. The molecule has 1 aliphatic rings. The van der Waals surface area contributed by atoms with E-state index in [1.54, 1.807) is 27.1 Å². The number of carbonyl (C=O) groups excluding carboxylic acids is 3. The van der Waals surface area contributed by atoms with Gasteiger partial charge in [0.2, 0.25) is 11.8 Å². The number of aryl methyl sites for hydroxylation is 1. The average molecular weight is 585 g/mol. The van der Waals surface area contributed by atoms with E-state index in [2.05, 4.69) is 20.7 Å². The van der Waals surface area contributed by atoms with Gasteiger partial charge in [-0.15, -0.1) is 11.3 Å². The molecule has 2 unspecified atom stereocenters. The number of rotatable bonds is 10. The molecule has 4 aromatic rings. The molecule has 2 aromatic heterocycles. The van der Waals surface area contributed by atoms with Gasteiger partial charge in [0.25, 0.3) is 0 Å². The molecular weight excluding hydrogens is 548 g/mol. The van der Waals surface area contributed by atoms with Gasteiger partial charge in [-0.1, -0.05) is 56.3 Å². The Bertz CT molecular complexity index is 1580. The molecule has 0 aliphatic carbocycles. The summed E-state index contributed by atoms with van der Waals surface area (Å²) in [4.78, 5) is 46.5. The third-order valence-corrected chi connectivity index (χ3v) is 8.77. The Labute approximate surface area is 250 Å². The lowest BCUT2D eigenvalue weighted by Crippen LogP contribution is -2.48. The first-order valence-electron chi connectivity index (χ1n) is 14.2. The van der Waals surface area contributed by atoms with E-state index in [1.165, 1.54) is 0 Å². The van der Waals surface area contributed by atoms with Crippen LogP contribution in [-0.4, -0.2) is 57.4 Å². The predicted octanol–water partition coefficient (Wildman–Crippen LogP) is 5.34. The first-order chi connectivity index (χ1) is 20.3. The maximum absolute atomic E-state index is 14.0. The lowest BCUT2D eigenvalue weighted by atomic mass is 10.0. The Hall–Kier alpha value is -4.31. The van der Waals surface area contributed by atoms with Gasteiger partial charge in [-0.05, 0) is 42.9 Å². The van der Waals surface area contributed by atoms with E-state index >= 15 is 0 Å². The molecule has 0 radical (unpaired) electrons. The SMILES string of the molecule is CNc1ccccc1-c1cn(C(C(=O)N2CCCC2C(=O)NCc2ccc(-c3scnc3C)cc2)C(C)C)nc1C=O. The minimum Gasteiger partial charge on any atom is -0.388 e. The van der Waals surface area contributed by atoms with Crippen LogP contribution in [0.4, 0.5) is 5.69 Å². The van der Waals surface area contributed by atoms with Crippen molar-refractivity contribution in [1.29, 1.82) is 0 Å². The smallest absolute Gasteiger partial charge is 0.248 e. The van der Waals surface area contributed by atoms with Crippen molar-refractivity contribution in [3.8, 4) is 21.6 Å². The number of amides is 2. The van der Waals surface area contributed by atoms with Gasteiger partial charge in [0.05, 0.1) is 16.1 Å². The van der Waals surface area contributed by atoms with Crippen molar-refractivity contribution in [1.82, 2.24) is 25.0 Å². The van der Waals surface area contributed by atoms with E-state index in [0.717, 1.165) is 45.7 Å². The fourth-order valence-electron chi connectivity index (χ4n) is 5.62. The molecule has 218 valence electrons. The summed E-state index contributed by atoms with van der Waals surface area (Å²) in [7, 11) is 1.82. The van der Waals surface area contributed by atoms with Gasteiger partial charge in [0, 0.05) is 43.1 Å². The van der Waals surface area contributed by atoms with Gasteiger partial charge in [-0.3, -0.25) is 19.1 Å². The monoisotopic (exact) mass is 584 g/mol. The standard InChI is InChI=1S/C32H36N6O3S/c1-20(2)29(38-17-25(27(18-39)36-38)24-8-5-6-9-26(24)33-4)32(41)37-15-7-10-28(37)31(40)34-16-22-11-13-23(14-12-22)30-21(3)35-19-42-30/h5-6,8-9,11-14,17-20,28-29,33H,7,10,15-16H2,1-4H3,(H,34,40). The first-order valence-corrected chi connectivity index (χ1v) is 15.1. The highest BCUT2D eigenvalue weighted by atomic mass is 32.1. The number of hydrogen-bond acceptors (Lipinski definition) is 7. The normalized spacial score (nSPS) is 15.5. The number of hydrogen-bond donors (Lipinski definition) is 2. The molecular formula is C32H36N6O3S. The summed E-state index contributed by atoms with van der Waals surface area (Å²) in [5.41, 5.74) is 7.54. The number of carbonyl (C=O) groups is 3. The van der Waals surface area contributed by atoms with Gasteiger partial charge in [0.1, 0.15) is 17.8 Å². The third kappa shape index (κ3) is 5.85. The Morgan fingerprint density at radius 2 is 1.88 bits per heavy atom. The number of nitrogens with one attached hydrogen (secondary N) is 2. The van der Waals surface area contributed by atoms with Crippen LogP contribution >= 0.6 is 11.3 Å². The topological polar surface area (TPSA) is 109 Å². The van der Waals surface area contributed by atoms with Gasteiger partial charge in [-0.25, -0.2) is 4.98 Å². The van der Waals surface area contributed by atoms with E-state index in [1.807, 2.05) is 81.9 Å². The van der Waals surface area contributed by atoms with Crippen molar-refractivity contribution in [3.05, 3.63) is 77.2 Å². The van der Waals surface area contributed by atoms with E-state index in [-0.39, 0.29) is 23.4 Å². The minimum absolute atomic E-state index is 0.116. The van der Waals surface area contributed by atoms with Crippen LogP contribution in [0.5, 0.6) is 0 Å². The molecule has 3 heterocycles. The number of aromatic nitrogens is 3. The van der Waals surface area contributed by atoms with E-state index in [0.29, 0.717) is 25.1 Å². The first kappa shape index (κ1) is 29.2. The average Bonchev–Trinajstić information content (AvgIpc) is 3.76. The summed E-state index contributed by atoms with van der Waals surface area (Å²) < 4.78 is 1.60. The van der Waals surface area contributed by atoms with Crippen molar-refractivity contribution in [2.24, 2.45) is 5.92 Å². The quantitative estimate of drug-likeness (QED) is 0.244. The fourth-order valence-corrected chi connectivity index (χ4v) is 6.43. The molecule has 0 bridgehead atoms. The van der Waals surface area contributed by atoms with Gasteiger partial charge >= 0.3 is 0 Å². The van der Waals surface area contributed by atoms with Crippen LogP contribution in [0.1, 0.15) is 54.5 Å². The highest BCUT2D eigenvalue weighted by molar-refractivity contribution is 7.13. The fraction of sp³-hybridized carbons (Fsp3) is 0.344. The summed E-state index contributed by atoms with van der Waals surface area (Å²) in [6.07, 6.45) is 3.84. The lowest BCUT2D eigenvalue weighted by molar-refractivity contribution is -0.142. The van der Waals surface area contributed by atoms with E-state index < -0.39 is 12.1 Å². The number of para-hydroxylation sites is 1. The number of nitrogens with zero attached hydrogens (tertiary/aromatic N) is 4. The van der Waals surface area contributed by atoms with Crippen LogP contribution in [-0.2, 0) is 16.1 Å². The van der Waals surface area contributed by atoms with Crippen molar-refractivity contribution >= 4 is 35.1 Å². The zero-order valence-electron chi connectivity index (χ0n) is 24.3. The Kier molecular flexibility index (Phi) is 8.82. The summed E-state index contributed by atoms with van der Waals surface area (Å²) >= 11 is 1.61. The maximum Gasteiger partial charge on any atom is 0.248 e. The molecule has 42 heavy (non-hydrogen) atoms. The molecule has 1 aliphatic heterocycles. The molecule has 1 fully saturated rings. The summed E-state index contributed by atoms with van der Waals surface area (Å²) in [5, 5.41) is 10.7. The maximum atomic E-state index is 14.0. The zero-order valence-corrected chi connectivity index (χ0v) is 25.1. The summed E-state index contributed by atoms with van der Waals surface area (Å²) in [6, 6.07) is 14.6. The zero-order chi connectivity index (χ0) is 29.8. The van der Waals surface area contributed by atoms with Crippen LogP contribution in [0.2, 0.25) is 0 Å². The minimum atomic E-state index is -0.657. The molecule has 0 saturated carbocycles. The third-order valence-electron chi connectivity index (χ3n) is 7.80. The number of likely N-dealkylation sites (tertiary alicyclic amines) is 1. The van der Waals surface area contributed by atoms with Crippen LogP contribution in [0.15, 0.2) is 60.2 Å². The second-order valence-corrected chi connectivity index (χ2v) is 11.7. The number of benzene rings is 2. The molecule has 2 amide bonds. The van der Waals surface area contributed by atoms with Crippen LogP contribution in [0, 0.1) is 12.8 Å². The second kappa shape index (κ2) is 12.7. The number of anilines is 1. The van der Waals surface area contributed by atoms with Gasteiger partial charge in [0.15, 0.2) is 6.29 Å². The highest BCUT2D eigenvalue weighted by Crippen LogP contribution is 2.33. The van der Waals surface area contributed by atoms with E-state index in [4.69, 9.17) is 0 Å². The van der Waals surface area contributed by atoms with Gasteiger partial charge < -0.3 is 15.5 Å². The van der Waals surface area contributed by atoms with Crippen molar-refractivity contribution < 1.29 is 14.4 Å².